The molecule has 20 heavy (non-hydrogen) atoms. The summed E-state index contributed by atoms with van der Waals surface area (Å²) in [5.74, 6) is -1.13. The molecule has 2 aliphatic rings. The molecule has 2 rings (SSSR count). The smallest absolute Gasteiger partial charge is 0.329 e. The van der Waals surface area contributed by atoms with Crippen molar-refractivity contribution >= 4 is 0 Å². The predicted molar refractivity (Wildman–Crippen MR) is 73.5 cm³/mol. The normalized spacial score (nSPS) is 34.4. The van der Waals surface area contributed by atoms with E-state index < -0.39 is 12.1 Å². The van der Waals surface area contributed by atoms with Crippen molar-refractivity contribution in [1.29, 1.82) is 0 Å². The summed E-state index contributed by atoms with van der Waals surface area (Å²) in [4.78, 5) is 4.73. The Hall–Kier alpha value is -0.330. The lowest BCUT2D eigenvalue weighted by Gasteiger charge is -2.50. The Morgan fingerprint density at radius 3 is 2.05 bits per heavy atom. The molecule has 2 N–H and O–H groups in total. The van der Waals surface area contributed by atoms with Gasteiger partial charge in [0.15, 0.2) is 0 Å². The summed E-state index contributed by atoms with van der Waals surface area (Å²) in [7, 11) is 0. The molecule has 0 aromatic carbocycles. The fourth-order valence-corrected chi connectivity index (χ4v) is 3.67. The number of likely N-dealkylation sites (N-methyl/N-ethyl adjacent to an activating group) is 1. The molecule has 0 spiro atoms. The Morgan fingerprint density at radius 2 is 1.65 bits per heavy atom. The van der Waals surface area contributed by atoms with E-state index in [4.69, 9.17) is 5.73 Å². The summed E-state index contributed by atoms with van der Waals surface area (Å²) in [6.45, 7) is 7.53. The van der Waals surface area contributed by atoms with Gasteiger partial charge in [0.05, 0.1) is 5.92 Å². The molecule has 2 fully saturated rings. The van der Waals surface area contributed by atoms with Gasteiger partial charge in [-0.3, -0.25) is 4.90 Å². The summed E-state index contributed by atoms with van der Waals surface area (Å²) >= 11 is 0. The summed E-state index contributed by atoms with van der Waals surface area (Å²) < 4.78 is 38.4. The first-order valence-corrected chi connectivity index (χ1v) is 7.65. The molecule has 1 saturated heterocycles. The lowest BCUT2D eigenvalue weighted by Crippen LogP contribution is -2.61. The van der Waals surface area contributed by atoms with Crippen molar-refractivity contribution in [1.82, 2.24) is 9.80 Å². The van der Waals surface area contributed by atoms with Gasteiger partial charge in [-0.05, 0) is 32.2 Å². The van der Waals surface area contributed by atoms with E-state index in [0.717, 1.165) is 32.7 Å². The van der Waals surface area contributed by atoms with E-state index in [1.807, 2.05) is 0 Å². The second-order valence-electron chi connectivity index (χ2n) is 6.17. The van der Waals surface area contributed by atoms with Crippen molar-refractivity contribution in [3.8, 4) is 0 Å². The average molecular weight is 293 g/mol. The van der Waals surface area contributed by atoms with Gasteiger partial charge >= 0.3 is 6.18 Å². The van der Waals surface area contributed by atoms with E-state index in [1.165, 1.54) is 0 Å². The number of piperazine rings is 1. The van der Waals surface area contributed by atoms with Gasteiger partial charge in [-0.2, -0.15) is 13.2 Å². The highest BCUT2D eigenvalue weighted by Crippen LogP contribution is 2.43. The van der Waals surface area contributed by atoms with E-state index in [9.17, 15) is 13.2 Å². The lowest BCUT2D eigenvalue weighted by molar-refractivity contribution is -0.189. The van der Waals surface area contributed by atoms with Crippen molar-refractivity contribution in [3.63, 3.8) is 0 Å². The maximum absolute atomic E-state index is 12.8. The second kappa shape index (κ2) is 6.20. The van der Waals surface area contributed by atoms with Crippen LogP contribution in [0, 0.1) is 5.92 Å². The van der Waals surface area contributed by atoms with Crippen molar-refractivity contribution in [3.05, 3.63) is 0 Å². The van der Waals surface area contributed by atoms with Crippen LogP contribution < -0.4 is 5.73 Å². The zero-order valence-corrected chi connectivity index (χ0v) is 12.3. The van der Waals surface area contributed by atoms with E-state index in [-0.39, 0.29) is 18.4 Å². The van der Waals surface area contributed by atoms with Crippen LogP contribution in [-0.2, 0) is 0 Å². The molecule has 0 amide bonds. The topological polar surface area (TPSA) is 32.5 Å². The van der Waals surface area contributed by atoms with Crippen molar-refractivity contribution in [2.75, 3.05) is 39.3 Å². The minimum Gasteiger partial charge on any atom is -0.329 e. The summed E-state index contributed by atoms with van der Waals surface area (Å²) in [5.41, 5.74) is 5.76. The van der Waals surface area contributed by atoms with Gasteiger partial charge in [0.2, 0.25) is 0 Å². The molecule has 1 heterocycles. The SMILES string of the molecule is CCN1CCN(C2(CN)CCC(C(F)(F)F)CC2)CC1. The van der Waals surface area contributed by atoms with E-state index in [1.54, 1.807) is 0 Å². The quantitative estimate of drug-likeness (QED) is 0.864. The van der Waals surface area contributed by atoms with E-state index in [2.05, 4.69) is 16.7 Å². The number of halogens is 3. The highest BCUT2D eigenvalue weighted by molar-refractivity contribution is 4.98. The first-order valence-electron chi connectivity index (χ1n) is 7.65. The van der Waals surface area contributed by atoms with Gasteiger partial charge in [-0.25, -0.2) is 0 Å². The molecule has 118 valence electrons. The van der Waals surface area contributed by atoms with Gasteiger partial charge in [-0.15, -0.1) is 0 Å². The summed E-state index contributed by atoms with van der Waals surface area (Å²) in [6.07, 6.45) is -2.41. The number of rotatable bonds is 3. The second-order valence-corrected chi connectivity index (χ2v) is 6.17. The van der Waals surface area contributed by atoms with Crippen LogP contribution in [0.3, 0.4) is 0 Å². The molecular weight excluding hydrogens is 267 g/mol. The van der Waals surface area contributed by atoms with Gasteiger partial charge in [-0.1, -0.05) is 6.92 Å². The fraction of sp³-hybridized carbons (Fsp3) is 1.00. The van der Waals surface area contributed by atoms with E-state index >= 15 is 0 Å². The number of hydrogen-bond acceptors (Lipinski definition) is 3. The number of hydrogen-bond donors (Lipinski definition) is 1. The van der Waals surface area contributed by atoms with Crippen LogP contribution >= 0.6 is 0 Å². The van der Waals surface area contributed by atoms with Crippen LogP contribution in [0.2, 0.25) is 0 Å². The molecule has 0 radical (unpaired) electrons. The Balaban J connectivity index is 1.95. The minimum atomic E-state index is -4.04. The third-order valence-electron chi connectivity index (χ3n) is 5.25. The first-order chi connectivity index (χ1) is 9.41. The van der Waals surface area contributed by atoms with Gasteiger partial charge in [0, 0.05) is 38.3 Å². The molecule has 1 aliphatic carbocycles. The Bertz CT molecular complexity index is 303. The summed E-state index contributed by atoms with van der Waals surface area (Å²) in [5, 5.41) is 0. The van der Waals surface area contributed by atoms with E-state index in [0.29, 0.717) is 19.4 Å². The van der Waals surface area contributed by atoms with Crippen LogP contribution in [0.4, 0.5) is 13.2 Å². The highest BCUT2D eigenvalue weighted by atomic mass is 19.4. The molecule has 0 bridgehead atoms. The molecule has 1 saturated carbocycles. The van der Waals surface area contributed by atoms with Crippen molar-refractivity contribution in [2.24, 2.45) is 11.7 Å². The predicted octanol–water partition coefficient (Wildman–Crippen LogP) is 2.07. The Morgan fingerprint density at radius 1 is 1.10 bits per heavy atom. The molecule has 1 aliphatic heterocycles. The minimum absolute atomic E-state index is 0.193. The summed E-state index contributed by atoms with van der Waals surface area (Å²) in [6, 6.07) is 0. The van der Waals surface area contributed by atoms with Gasteiger partial charge in [0.1, 0.15) is 0 Å². The molecule has 0 atom stereocenters. The third-order valence-corrected chi connectivity index (χ3v) is 5.25. The zero-order chi connectivity index (χ0) is 14.8. The first kappa shape index (κ1) is 16.0. The number of nitrogens with zero attached hydrogens (tertiary/aromatic N) is 2. The monoisotopic (exact) mass is 293 g/mol. The molecular formula is C14H26F3N3. The van der Waals surface area contributed by atoms with Crippen LogP contribution in [0.15, 0.2) is 0 Å². The number of alkyl halides is 3. The number of nitrogens with two attached hydrogens (primary N) is 1. The molecule has 6 heteroatoms. The highest BCUT2D eigenvalue weighted by Gasteiger charge is 2.47. The standard InChI is InChI=1S/C14H26F3N3/c1-2-19-7-9-20(10-8-19)13(11-18)5-3-12(4-6-13)14(15,16)17/h12H,2-11,18H2,1H3. The largest absolute Gasteiger partial charge is 0.391 e. The van der Waals surface area contributed by atoms with Crippen molar-refractivity contribution < 1.29 is 13.2 Å². The molecule has 3 nitrogen and oxygen atoms in total. The maximum atomic E-state index is 12.8. The van der Waals surface area contributed by atoms with Gasteiger partial charge in [0.25, 0.3) is 0 Å². The average Bonchev–Trinajstić information content (AvgIpc) is 2.46. The van der Waals surface area contributed by atoms with Crippen LogP contribution in [0.25, 0.3) is 0 Å². The lowest BCUT2D eigenvalue weighted by atomic mass is 9.75. The Labute approximate surface area is 119 Å². The Kier molecular flexibility index (Phi) is 4.97. The van der Waals surface area contributed by atoms with Crippen LogP contribution in [-0.4, -0.2) is 60.8 Å². The van der Waals surface area contributed by atoms with Gasteiger partial charge < -0.3 is 10.6 Å². The fourth-order valence-electron chi connectivity index (χ4n) is 3.67. The molecule has 0 unspecified atom stereocenters. The maximum Gasteiger partial charge on any atom is 0.391 e. The van der Waals surface area contributed by atoms with Crippen molar-refractivity contribution in [2.45, 2.75) is 44.3 Å². The molecule has 0 aromatic heterocycles. The zero-order valence-electron chi connectivity index (χ0n) is 12.3. The van der Waals surface area contributed by atoms with Crippen LogP contribution in [0.1, 0.15) is 32.6 Å². The van der Waals surface area contributed by atoms with Crippen LogP contribution in [0.5, 0.6) is 0 Å². The molecule has 0 aromatic rings. The third kappa shape index (κ3) is 3.28.